The summed E-state index contributed by atoms with van der Waals surface area (Å²) in [6.07, 6.45) is -1.59. The molecule has 2 saturated carbocycles. The Labute approximate surface area is 234 Å². The van der Waals surface area contributed by atoms with E-state index in [2.05, 4.69) is 20.4 Å². The quantitative estimate of drug-likeness (QED) is 0.309. The van der Waals surface area contributed by atoms with Crippen LogP contribution in [-0.2, 0) is 13.2 Å². The molecule has 2 amide bonds. The molecule has 0 saturated heterocycles. The smallest absolute Gasteiger partial charge is 0.435 e. The van der Waals surface area contributed by atoms with Gasteiger partial charge in [0.15, 0.2) is 17.2 Å². The van der Waals surface area contributed by atoms with Crippen LogP contribution in [0.15, 0.2) is 42.9 Å². The predicted octanol–water partition coefficient (Wildman–Crippen LogP) is 4.31. The van der Waals surface area contributed by atoms with Crippen molar-refractivity contribution in [2.45, 2.75) is 50.4 Å². The third kappa shape index (κ3) is 4.81. The van der Waals surface area contributed by atoms with Gasteiger partial charge in [0.2, 0.25) is 5.88 Å². The fourth-order valence-electron chi connectivity index (χ4n) is 5.99. The van der Waals surface area contributed by atoms with Crippen molar-refractivity contribution in [2.24, 2.45) is 18.2 Å². The van der Waals surface area contributed by atoms with Gasteiger partial charge in [-0.1, -0.05) is 6.07 Å². The maximum Gasteiger partial charge on any atom is 0.435 e. The number of aryl methyl sites for hydroxylation is 1. The van der Waals surface area contributed by atoms with E-state index in [1.165, 1.54) is 31.4 Å². The normalized spacial score (nSPS) is 21.8. The Bertz CT molecular complexity index is 1700. The minimum absolute atomic E-state index is 0.00877. The zero-order valence-corrected chi connectivity index (χ0v) is 22.0. The molecule has 0 unspecified atom stereocenters. The van der Waals surface area contributed by atoms with Crippen LogP contribution in [-0.4, -0.2) is 48.1 Å². The van der Waals surface area contributed by atoms with E-state index in [-0.39, 0.29) is 51.3 Å². The standard InChI is InChI=1S/C27H24F5N7O3/c1-38-12-17(20(37-38)27(30,31)32)13-4-5-18-19(36-23(21(28)29)39(18)11-13)24(41)35-14-7-26(8-14)9-15(10-26)42-25-16(22(33)40)3-2-6-34-25/h2-6,11-12,14-15,21H,7-10H2,1H3,(H2,33,40)(H,35,41). The Hall–Kier alpha value is -4.56. The summed E-state index contributed by atoms with van der Waals surface area (Å²) in [5.74, 6) is -1.88. The molecule has 0 radical (unpaired) electrons. The van der Waals surface area contributed by atoms with Crippen LogP contribution in [0.3, 0.4) is 0 Å². The number of hydrogen-bond acceptors (Lipinski definition) is 6. The Balaban J connectivity index is 1.15. The number of pyridine rings is 2. The first kappa shape index (κ1) is 27.6. The molecule has 42 heavy (non-hydrogen) atoms. The maximum absolute atomic E-state index is 13.9. The monoisotopic (exact) mass is 589 g/mol. The molecule has 15 heteroatoms. The molecular formula is C27H24F5N7O3. The summed E-state index contributed by atoms with van der Waals surface area (Å²) in [5.41, 5.74) is 3.85. The Kier molecular flexibility index (Phi) is 6.42. The fourth-order valence-corrected chi connectivity index (χ4v) is 5.99. The lowest BCUT2D eigenvalue weighted by molar-refractivity contribution is -0.141. The number of fused-ring (bicyclic) bond motifs is 1. The largest absolute Gasteiger partial charge is 0.474 e. The topological polar surface area (TPSA) is 129 Å². The first-order valence-electron chi connectivity index (χ1n) is 13.0. The Morgan fingerprint density at radius 3 is 2.55 bits per heavy atom. The average Bonchev–Trinajstić information content (AvgIpc) is 3.47. The SMILES string of the molecule is Cn1cc(-c2ccc3c(C(=O)NC4CC5(C4)CC(Oc4ncccc4C(N)=O)C5)nc(C(F)F)n3c2)c(C(F)(F)F)n1. The van der Waals surface area contributed by atoms with Crippen LogP contribution < -0.4 is 15.8 Å². The number of amides is 2. The van der Waals surface area contributed by atoms with E-state index in [1.54, 1.807) is 6.07 Å². The first-order valence-corrected chi connectivity index (χ1v) is 13.0. The highest BCUT2D eigenvalue weighted by Crippen LogP contribution is 2.56. The lowest BCUT2D eigenvalue weighted by Gasteiger charge is -2.57. The number of nitrogens with one attached hydrogen (secondary N) is 1. The van der Waals surface area contributed by atoms with Gasteiger partial charge in [0.25, 0.3) is 18.2 Å². The molecular weight excluding hydrogens is 565 g/mol. The van der Waals surface area contributed by atoms with E-state index in [9.17, 15) is 31.5 Å². The lowest BCUT2D eigenvalue weighted by atomic mass is 9.53. The van der Waals surface area contributed by atoms with Crippen LogP contribution in [0.2, 0.25) is 0 Å². The molecule has 4 aromatic rings. The van der Waals surface area contributed by atoms with Gasteiger partial charge in [0, 0.05) is 42.8 Å². The summed E-state index contributed by atoms with van der Waals surface area (Å²) in [4.78, 5) is 32.6. The molecule has 2 aliphatic rings. The second-order valence-electron chi connectivity index (χ2n) is 10.8. The highest BCUT2D eigenvalue weighted by atomic mass is 19.4. The molecule has 220 valence electrons. The van der Waals surface area contributed by atoms with Crippen molar-refractivity contribution in [1.29, 1.82) is 0 Å². The summed E-state index contributed by atoms with van der Waals surface area (Å²) < 4.78 is 76.0. The average molecular weight is 590 g/mol. The molecule has 2 aliphatic carbocycles. The van der Waals surface area contributed by atoms with Crippen molar-refractivity contribution in [1.82, 2.24) is 29.5 Å². The van der Waals surface area contributed by atoms with E-state index in [0.29, 0.717) is 25.7 Å². The third-order valence-electron chi connectivity index (χ3n) is 7.81. The van der Waals surface area contributed by atoms with Crippen molar-refractivity contribution in [3.05, 3.63) is 65.6 Å². The Morgan fingerprint density at radius 2 is 1.88 bits per heavy atom. The molecule has 0 aliphatic heterocycles. The van der Waals surface area contributed by atoms with Crippen LogP contribution >= 0.6 is 0 Å². The Morgan fingerprint density at radius 1 is 1.14 bits per heavy atom. The fraction of sp³-hybridized carbons (Fsp3) is 0.370. The third-order valence-corrected chi connectivity index (χ3v) is 7.81. The minimum atomic E-state index is -4.76. The molecule has 4 aromatic heterocycles. The first-order chi connectivity index (χ1) is 19.8. The van der Waals surface area contributed by atoms with Gasteiger partial charge in [-0.2, -0.15) is 18.3 Å². The van der Waals surface area contributed by atoms with Crippen molar-refractivity contribution in [3.63, 3.8) is 0 Å². The van der Waals surface area contributed by atoms with Crippen LogP contribution in [0.25, 0.3) is 16.6 Å². The number of alkyl halides is 5. The second-order valence-corrected chi connectivity index (χ2v) is 10.8. The van der Waals surface area contributed by atoms with Crippen LogP contribution in [0.4, 0.5) is 22.0 Å². The molecule has 0 bridgehead atoms. The zero-order chi connectivity index (χ0) is 30.0. The number of rotatable bonds is 7. The van der Waals surface area contributed by atoms with Crippen LogP contribution in [0.1, 0.15) is 64.5 Å². The van der Waals surface area contributed by atoms with Gasteiger partial charge in [0.05, 0.1) is 5.52 Å². The number of nitrogens with two attached hydrogens (primary N) is 1. The summed E-state index contributed by atoms with van der Waals surface area (Å²) in [7, 11) is 1.32. The summed E-state index contributed by atoms with van der Waals surface area (Å²) >= 11 is 0. The van der Waals surface area contributed by atoms with Gasteiger partial charge in [-0.25, -0.2) is 18.7 Å². The van der Waals surface area contributed by atoms with Crippen molar-refractivity contribution in [2.75, 3.05) is 0 Å². The van der Waals surface area contributed by atoms with Gasteiger partial charge >= 0.3 is 6.18 Å². The van der Waals surface area contributed by atoms with Gasteiger partial charge in [-0.05, 0) is 49.3 Å². The summed E-state index contributed by atoms with van der Waals surface area (Å²) in [6.45, 7) is 0. The number of halogens is 5. The maximum atomic E-state index is 13.9. The molecule has 6 rings (SSSR count). The second kappa shape index (κ2) is 9.77. The van der Waals surface area contributed by atoms with Gasteiger partial charge in [-0.15, -0.1) is 0 Å². The number of primary amides is 1. The number of aromatic nitrogens is 5. The van der Waals surface area contributed by atoms with Gasteiger partial charge in [0.1, 0.15) is 11.7 Å². The minimum Gasteiger partial charge on any atom is -0.474 e. The molecule has 0 atom stereocenters. The van der Waals surface area contributed by atoms with Crippen molar-refractivity contribution in [3.8, 4) is 17.0 Å². The molecule has 3 N–H and O–H groups in total. The van der Waals surface area contributed by atoms with E-state index >= 15 is 0 Å². The van der Waals surface area contributed by atoms with Gasteiger partial charge < -0.3 is 15.8 Å². The van der Waals surface area contributed by atoms with Crippen LogP contribution in [0.5, 0.6) is 5.88 Å². The number of imidazole rings is 1. The summed E-state index contributed by atoms with van der Waals surface area (Å²) in [5, 5.41) is 6.29. The number of nitrogens with zero attached hydrogens (tertiary/aromatic N) is 5. The van der Waals surface area contributed by atoms with E-state index < -0.39 is 35.9 Å². The van der Waals surface area contributed by atoms with Crippen molar-refractivity contribution < 1.29 is 36.3 Å². The van der Waals surface area contributed by atoms with E-state index in [1.807, 2.05) is 0 Å². The zero-order valence-electron chi connectivity index (χ0n) is 22.0. The van der Waals surface area contributed by atoms with Gasteiger partial charge in [-0.3, -0.25) is 18.7 Å². The van der Waals surface area contributed by atoms with E-state index in [4.69, 9.17) is 10.5 Å². The predicted molar refractivity (Wildman–Crippen MR) is 137 cm³/mol. The number of hydrogen-bond donors (Lipinski definition) is 2. The number of carbonyl (C=O) groups excluding carboxylic acids is 2. The molecule has 2 fully saturated rings. The molecule has 4 heterocycles. The summed E-state index contributed by atoms with van der Waals surface area (Å²) in [6, 6.07) is 5.51. The molecule has 10 nitrogen and oxygen atoms in total. The van der Waals surface area contributed by atoms with Crippen LogP contribution in [0, 0.1) is 5.41 Å². The lowest BCUT2D eigenvalue weighted by Crippen LogP contribution is -2.58. The van der Waals surface area contributed by atoms with E-state index in [0.717, 1.165) is 21.5 Å². The number of ether oxygens (including phenoxy) is 1. The molecule has 0 aromatic carbocycles. The number of carbonyl (C=O) groups is 2. The highest BCUT2D eigenvalue weighted by molar-refractivity contribution is 5.99. The highest BCUT2D eigenvalue weighted by Gasteiger charge is 2.54. The molecule has 1 spiro atoms. The van der Waals surface area contributed by atoms with Crippen molar-refractivity contribution >= 4 is 17.3 Å².